The Bertz CT molecular complexity index is 598. The number of thiazole rings is 1. The number of hydrogen-bond donors (Lipinski definition) is 1. The zero-order chi connectivity index (χ0) is 13.1. The van der Waals surface area contributed by atoms with Crippen LogP contribution in [0.1, 0.15) is 11.3 Å². The van der Waals surface area contributed by atoms with Gasteiger partial charge < -0.3 is 0 Å². The fourth-order valence-electron chi connectivity index (χ4n) is 1.23. The summed E-state index contributed by atoms with van der Waals surface area (Å²) < 4.78 is 26.1. The van der Waals surface area contributed by atoms with Gasteiger partial charge in [0.15, 0.2) is 0 Å². The van der Waals surface area contributed by atoms with Gasteiger partial charge in [0.2, 0.25) is 5.13 Å². The van der Waals surface area contributed by atoms with E-state index in [1.807, 2.05) is 12.3 Å². The van der Waals surface area contributed by atoms with Gasteiger partial charge in [0, 0.05) is 17.0 Å². The third kappa shape index (κ3) is 3.02. The molecule has 0 saturated carbocycles. The molecule has 0 spiro atoms. The molecule has 18 heavy (non-hydrogen) atoms. The number of rotatable bonds is 3. The first kappa shape index (κ1) is 12.9. The molecular formula is C11H8ClF2N3S. The molecule has 0 saturated heterocycles. The second-order valence-corrected chi connectivity index (χ2v) is 4.69. The first-order chi connectivity index (χ1) is 8.56. The van der Waals surface area contributed by atoms with E-state index >= 15 is 0 Å². The highest BCUT2D eigenvalue weighted by Crippen LogP contribution is 2.20. The molecule has 94 valence electrons. The maximum absolute atomic E-state index is 13.1. The van der Waals surface area contributed by atoms with Crippen molar-refractivity contribution in [2.24, 2.45) is 5.10 Å². The molecule has 1 heterocycles. The van der Waals surface area contributed by atoms with Crippen LogP contribution in [0.3, 0.4) is 0 Å². The van der Waals surface area contributed by atoms with Gasteiger partial charge in [-0.25, -0.2) is 13.8 Å². The molecule has 2 aromatic rings. The molecule has 2 rings (SSSR count). The topological polar surface area (TPSA) is 37.3 Å². The van der Waals surface area contributed by atoms with Crippen LogP contribution in [0.2, 0.25) is 5.02 Å². The first-order valence-electron chi connectivity index (χ1n) is 4.92. The minimum atomic E-state index is -0.816. The smallest absolute Gasteiger partial charge is 0.203 e. The summed E-state index contributed by atoms with van der Waals surface area (Å²) in [5.41, 5.74) is 3.68. The second-order valence-electron chi connectivity index (χ2n) is 3.45. The SMILES string of the molecule is Cc1csc(NN=Cc2cc(F)cc(F)c2Cl)n1. The largest absolute Gasteiger partial charge is 0.253 e. The minimum absolute atomic E-state index is 0.162. The van der Waals surface area contributed by atoms with Crippen LogP contribution in [-0.4, -0.2) is 11.2 Å². The van der Waals surface area contributed by atoms with Crippen molar-refractivity contribution in [1.29, 1.82) is 0 Å². The number of nitrogens with zero attached hydrogens (tertiary/aromatic N) is 2. The van der Waals surface area contributed by atoms with Crippen molar-refractivity contribution in [2.45, 2.75) is 6.92 Å². The lowest BCUT2D eigenvalue weighted by Gasteiger charge is -2.00. The number of hydrazone groups is 1. The van der Waals surface area contributed by atoms with E-state index in [2.05, 4.69) is 15.5 Å². The molecule has 0 atom stereocenters. The molecule has 3 nitrogen and oxygen atoms in total. The van der Waals surface area contributed by atoms with E-state index in [0.29, 0.717) is 5.13 Å². The summed E-state index contributed by atoms with van der Waals surface area (Å²) in [5, 5.41) is 6.10. The zero-order valence-corrected chi connectivity index (χ0v) is 10.8. The highest BCUT2D eigenvalue weighted by Gasteiger charge is 2.07. The molecule has 0 amide bonds. The van der Waals surface area contributed by atoms with Crippen molar-refractivity contribution in [3.8, 4) is 0 Å². The quantitative estimate of drug-likeness (QED) is 0.529. The number of aryl methyl sites for hydroxylation is 1. The van der Waals surface area contributed by atoms with Gasteiger partial charge in [0.05, 0.1) is 16.9 Å². The molecule has 0 aliphatic heterocycles. The van der Waals surface area contributed by atoms with Gasteiger partial charge in [-0.05, 0) is 13.0 Å². The van der Waals surface area contributed by atoms with Crippen molar-refractivity contribution >= 4 is 34.3 Å². The van der Waals surface area contributed by atoms with Crippen LogP contribution in [0.25, 0.3) is 0 Å². The van der Waals surface area contributed by atoms with E-state index in [4.69, 9.17) is 11.6 Å². The van der Waals surface area contributed by atoms with Gasteiger partial charge in [-0.15, -0.1) is 11.3 Å². The fourth-order valence-corrected chi connectivity index (χ4v) is 2.03. The predicted octanol–water partition coefficient (Wildman–Crippen LogP) is 3.83. The predicted molar refractivity (Wildman–Crippen MR) is 69.4 cm³/mol. The Morgan fingerprint density at radius 2 is 2.22 bits per heavy atom. The number of benzene rings is 1. The highest BCUT2D eigenvalue weighted by atomic mass is 35.5. The van der Waals surface area contributed by atoms with Gasteiger partial charge in [-0.3, -0.25) is 5.43 Å². The van der Waals surface area contributed by atoms with Crippen LogP contribution >= 0.6 is 22.9 Å². The molecule has 0 bridgehead atoms. The number of aromatic nitrogens is 1. The second kappa shape index (κ2) is 5.41. The number of hydrogen-bond acceptors (Lipinski definition) is 4. The summed E-state index contributed by atoms with van der Waals surface area (Å²) in [6, 6.07) is 1.82. The van der Waals surface area contributed by atoms with Gasteiger partial charge >= 0.3 is 0 Å². The Hall–Kier alpha value is -1.53. The average molecular weight is 288 g/mol. The minimum Gasteiger partial charge on any atom is -0.253 e. The molecule has 0 unspecified atom stereocenters. The number of anilines is 1. The first-order valence-corrected chi connectivity index (χ1v) is 6.18. The maximum atomic E-state index is 13.1. The van der Waals surface area contributed by atoms with Crippen molar-refractivity contribution in [3.63, 3.8) is 0 Å². The van der Waals surface area contributed by atoms with Gasteiger partial charge in [-0.2, -0.15) is 5.10 Å². The lowest BCUT2D eigenvalue weighted by Crippen LogP contribution is -1.94. The Morgan fingerprint density at radius 3 is 2.89 bits per heavy atom. The maximum Gasteiger partial charge on any atom is 0.203 e. The van der Waals surface area contributed by atoms with Crippen molar-refractivity contribution in [1.82, 2.24) is 4.98 Å². The molecule has 0 aliphatic carbocycles. The van der Waals surface area contributed by atoms with Gasteiger partial charge in [0.25, 0.3) is 0 Å². The lowest BCUT2D eigenvalue weighted by atomic mass is 10.2. The van der Waals surface area contributed by atoms with E-state index in [1.54, 1.807) is 0 Å². The number of halogens is 3. The standard InChI is InChI=1S/C11H8ClF2N3S/c1-6-5-18-11(16-6)17-15-4-7-2-8(13)3-9(14)10(7)12/h2-5H,1H3,(H,16,17). The van der Waals surface area contributed by atoms with Crippen molar-refractivity contribution in [2.75, 3.05) is 5.43 Å². The average Bonchev–Trinajstić information content (AvgIpc) is 2.71. The molecule has 1 aromatic heterocycles. The molecule has 0 fully saturated rings. The molecule has 1 N–H and O–H groups in total. The summed E-state index contributed by atoms with van der Waals surface area (Å²) in [6.45, 7) is 1.85. The summed E-state index contributed by atoms with van der Waals surface area (Å²) in [7, 11) is 0. The van der Waals surface area contributed by atoms with Crippen molar-refractivity contribution in [3.05, 3.63) is 45.4 Å². The Labute approximate surface area is 111 Å². The van der Waals surface area contributed by atoms with Gasteiger partial charge in [-0.1, -0.05) is 11.6 Å². The lowest BCUT2D eigenvalue weighted by molar-refractivity contribution is 0.583. The third-order valence-electron chi connectivity index (χ3n) is 2.00. The van der Waals surface area contributed by atoms with Crippen LogP contribution < -0.4 is 5.43 Å². The Balaban J connectivity index is 2.14. The van der Waals surface area contributed by atoms with E-state index in [0.717, 1.165) is 17.8 Å². The normalized spacial score (nSPS) is 11.1. The Morgan fingerprint density at radius 1 is 1.44 bits per heavy atom. The van der Waals surface area contributed by atoms with Crippen LogP contribution in [0.5, 0.6) is 0 Å². The molecule has 1 aromatic carbocycles. The highest BCUT2D eigenvalue weighted by molar-refractivity contribution is 7.13. The number of nitrogens with one attached hydrogen (secondary N) is 1. The van der Waals surface area contributed by atoms with E-state index in [-0.39, 0.29) is 10.6 Å². The zero-order valence-electron chi connectivity index (χ0n) is 9.25. The van der Waals surface area contributed by atoms with E-state index < -0.39 is 11.6 Å². The van der Waals surface area contributed by atoms with Crippen LogP contribution in [0.4, 0.5) is 13.9 Å². The van der Waals surface area contributed by atoms with E-state index in [1.165, 1.54) is 17.6 Å². The van der Waals surface area contributed by atoms with Crippen LogP contribution in [-0.2, 0) is 0 Å². The Kier molecular flexibility index (Phi) is 3.88. The molecule has 7 heteroatoms. The molecule has 0 radical (unpaired) electrons. The van der Waals surface area contributed by atoms with Gasteiger partial charge in [0.1, 0.15) is 11.6 Å². The fraction of sp³-hybridized carbons (Fsp3) is 0.0909. The van der Waals surface area contributed by atoms with Crippen LogP contribution in [0, 0.1) is 18.6 Å². The van der Waals surface area contributed by atoms with Crippen molar-refractivity contribution < 1.29 is 8.78 Å². The summed E-state index contributed by atoms with van der Waals surface area (Å²) in [6.07, 6.45) is 1.24. The monoisotopic (exact) mass is 287 g/mol. The molecular weight excluding hydrogens is 280 g/mol. The molecule has 0 aliphatic rings. The summed E-state index contributed by atoms with van der Waals surface area (Å²) in [4.78, 5) is 4.11. The summed E-state index contributed by atoms with van der Waals surface area (Å²) in [5.74, 6) is -1.52. The summed E-state index contributed by atoms with van der Waals surface area (Å²) >= 11 is 7.06. The van der Waals surface area contributed by atoms with E-state index in [9.17, 15) is 8.78 Å². The third-order valence-corrected chi connectivity index (χ3v) is 3.27. The van der Waals surface area contributed by atoms with Crippen LogP contribution in [0.15, 0.2) is 22.6 Å².